The fourth-order valence-electron chi connectivity index (χ4n) is 2.93. The highest BCUT2D eigenvalue weighted by atomic mass is 16.5. The van der Waals surface area contributed by atoms with Gasteiger partial charge in [-0.2, -0.15) is 5.26 Å². The predicted molar refractivity (Wildman–Crippen MR) is 88.1 cm³/mol. The van der Waals surface area contributed by atoms with Crippen LogP contribution in [0, 0.1) is 25.2 Å². The van der Waals surface area contributed by atoms with Crippen LogP contribution >= 0.6 is 0 Å². The number of hydrogen-bond acceptors (Lipinski definition) is 5. The standard InChI is InChI=1S/C18H20N4O/c1-13-9-14(2)21-18(17(13)10-19)22-8-5-16(11-22)23-12-15-3-6-20-7-4-15/h3-4,6-7,9,16H,5,8,11-12H2,1-2H3/t16-/m1/s1. The summed E-state index contributed by atoms with van der Waals surface area (Å²) >= 11 is 0. The summed E-state index contributed by atoms with van der Waals surface area (Å²) in [4.78, 5) is 10.8. The molecule has 5 heteroatoms. The molecular weight excluding hydrogens is 288 g/mol. The van der Waals surface area contributed by atoms with Gasteiger partial charge in [-0.25, -0.2) is 4.98 Å². The maximum atomic E-state index is 9.41. The predicted octanol–water partition coefficient (Wildman–Crippen LogP) is 2.76. The Labute approximate surface area is 136 Å². The molecule has 0 amide bonds. The average Bonchev–Trinajstić information content (AvgIpc) is 3.02. The Balaban J connectivity index is 1.67. The number of rotatable bonds is 4. The van der Waals surface area contributed by atoms with Crippen molar-refractivity contribution in [2.24, 2.45) is 0 Å². The van der Waals surface area contributed by atoms with Gasteiger partial charge in [-0.3, -0.25) is 4.98 Å². The van der Waals surface area contributed by atoms with Crippen LogP contribution in [0.15, 0.2) is 30.6 Å². The third-order valence-corrected chi connectivity index (χ3v) is 4.12. The van der Waals surface area contributed by atoms with E-state index in [1.165, 1.54) is 0 Å². The van der Waals surface area contributed by atoms with Crippen LogP contribution in [0.5, 0.6) is 0 Å². The zero-order chi connectivity index (χ0) is 16.2. The fraction of sp³-hybridized carbons (Fsp3) is 0.389. The first-order valence-corrected chi connectivity index (χ1v) is 7.81. The Hall–Kier alpha value is -2.45. The molecule has 0 aliphatic carbocycles. The lowest BCUT2D eigenvalue weighted by Crippen LogP contribution is -2.25. The van der Waals surface area contributed by atoms with Gasteiger partial charge in [0.15, 0.2) is 0 Å². The van der Waals surface area contributed by atoms with Crippen LogP contribution in [-0.4, -0.2) is 29.2 Å². The molecule has 0 aromatic carbocycles. The van der Waals surface area contributed by atoms with Crippen molar-refractivity contribution in [2.75, 3.05) is 18.0 Å². The van der Waals surface area contributed by atoms with Gasteiger partial charge in [0.2, 0.25) is 0 Å². The molecule has 1 fully saturated rings. The number of nitrogens with zero attached hydrogens (tertiary/aromatic N) is 4. The molecule has 0 saturated carbocycles. The molecule has 23 heavy (non-hydrogen) atoms. The van der Waals surface area contributed by atoms with Gasteiger partial charge in [0.25, 0.3) is 0 Å². The van der Waals surface area contributed by atoms with Crippen molar-refractivity contribution in [2.45, 2.75) is 33.0 Å². The molecule has 3 rings (SSSR count). The number of ether oxygens (including phenoxy) is 1. The van der Waals surface area contributed by atoms with Gasteiger partial charge >= 0.3 is 0 Å². The van der Waals surface area contributed by atoms with Crippen LogP contribution in [-0.2, 0) is 11.3 Å². The topological polar surface area (TPSA) is 62.0 Å². The van der Waals surface area contributed by atoms with E-state index in [0.29, 0.717) is 12.2 Å². The molecule has 5 nitrogen and oxygen atoms in total. The summed E-state index contributed by atoms with van der Waals surface area (Å²) in [7, 11) is 0. The molecule has 1 aliphatic heterocycles. The van der Waals surface area contributed by atoms with Crippen LogP contribution < -0.4 is 4.90 Å². The minimum Gasteiger partial charge on any atom is -0.372 e. The number of pyridine rings is 2. The fourth-order valence-corrected chi connectivity index (χ4v) is 2.93. The molecule has 1 aliphatic rings. The Bertz CT molecular complexity index is 724. The van der Waals surface area contributed by atoms with E-state index in [-0.39, 0.29) is 6.10 Å². The first-order valence-electron chi connectivity index (χ1n) is 7.81. The highest BCUT2D eigenvalue weighted by Gasteiger charge is 2.26. The highest BCUT2D eigenvalue weighted by molar-refractivity contribution is 5.58. The first-order chi connectivity index (χ1) is 11.2. The van der Waals surface area contributed by atoms with Crippen molar-refractivity contribution < 1.29 is 4.74 Å². The van der Waals surface area contributed by atoms with Crippen molar-refractivity contribution in [1.29, 1.82) is 5.26 Å². The first kappa shape index (κ1) is 15.4. The average molecular weight is 308 g/mol. The van der Waals surface area contributed by atoms with Crippen molar-refractivity contribution in [3.05, 3.63) is 53.0 Å². The summed E-state index contributed by atoms with van der Waals surface area (Å²) in [6.45, 7) is 6.16. The highest BCUT2D eigenvalue weighted by Crippen LogP contribution is 2.26. The number of aromatic nitrogens is 2. The van der Waals surface area contributed by atoms with Crippen LogP contribution in [0.2, 0.25) is 0 Å². The summed E-state index contributed by atoms with van der Waals surface area (Å²) in [6.07, 6.45) is 4.67. The van der Waals surface area contributed by atoms with Crippen LogP contribution in [0.3, 0.4) is 0 Å². The number of anilines is 1. The summed E-state index contributed by atoms with van der Waals surface area (Å²) in [5.74, 6) is 0.792. The molecule has 2 aromatic rings. The third kappa shape index (κ3) is 3.49. The Morgan fingerprint density at radius 2 is 2.13 bits per heavy atom. The van der Waals surface area contributed by atoms with E-state index >= 15 is 0 Å². The van der Waals surface area contributed by atoms with Crippen LogP contribution in [0.1, 0.15) is 28.8 Å². The number of aryl methyl sites for hydroxylation is 2. The second-order valence-corrected chi connectivity index (χ2v) is 5.91. The van der Waals surface area contributed by atoms with Crippen LogP contribution in [0.4, 0.5) is 5.82 Å². The van der Waals surface area contributed by atoms with Gasteiger partial charge in [0.1, 0.15) is 11.9 Å². The summed E-state index contributed by atoms with van der Waals surface area (Å²) in [5.41, 5.74) is 3.72. The molecule has 2 aromatic heterocycles. The van der Waals surface area contributed by atoms with Crippen LogP contribution in [0.25, 0.3) is 0 Å². The van der Waals surface area contributed by atoms with Gasteiger partial charge < -0.3 is 9.64 Å². The Kier molecular flexibility index (Phi) is 4.54. The minimum absolute atomic E-state index is 0.164. The Morgan fingerprint density at radius 3 is 2.87 bits per heavy atom. The molecule has 0 bridgehead atoms. The normalized spacial score (nSPS) is 17.3. The lowest BCUT2D eigenvalue weighted by atomic mass is 10.1. The van der Waals surface area contributed by atoms with E-state index in [0.717, 1.165) is 42.1 Å². The smallest absolute Gasteiger partial charge is 0.147 e. The Morgan fingerprint density at radius 1 is 1.35 bits per heavy atom. The van der Waals surface area contributed by atoms with Crippen molar-refractivity contribution in [3.63, 3.8) is 0 Å². The molecular formula is C18H20N4O. The second kappa shape index (κ2) is 6.76. The molecule has 0 radical (unpaired) electrons. The molecule has 1 saturated heterocycles. The zero-order valence-corrected chi connectivity index (χ0v) is 13.5. The lowest BCUT2D eigenvalue weighted by Gasteiger charge is -2.20. The molecule has 118 valence electrons. The third-order valence-electron chi connectivity index (χ3n) is 4.12. The molecule has 3 heterocycles. The number of nitriles is 1. The van der Waals surface area contributed by atoms with E-state index in [9.17, 15) is 5.26 Å². The SMILES string of the molecule is Cc1cc(C)c(C#N)c(N2CC[C@@H](OCc3ccncc3)C2)n1. The second-order valence-electron chi connectivity index (χ2n) is 5.91. The van der Waals surface area contributed by atoms with Gasteiger partial charge in [-0.05, 0) is 49.6 Å². The van der Waals surface area contributed by atoms with E-state index in [2.05, 4.69) is 20.9 Å². The van der Waals surface area contributed by atoms with Gasteiger partial charge in [0.05, 0.1) is 18.3 Å². The molecule has 1 atom stereocenters. The van der Waals surface area contributed by atoms with Crippen molar-refractivity contribution >= 4 is 5.82 Å². The van der Waals surface area contributed by atoms with E-state index in [1.807, 2.05) is 32.0 Å². The lowest BCUT2D eigenvalue weighted by molar-refractivity contribution is 0.0553. The summed E-state index contributed by atoms with van der Waals surface area (Å²) < 4.78 is 5.99. The quantitative estimate of drug-likeness (QED) is 0.869. The van der Waals surface area contributed by atoms with E-state index in [1.54, 1.807) is 12.4 Å². The summed E-state index contributed by atoms with van der Waals surface area (Å²) in [6, 6.07) is 8.17. The zero-order valence-electron chi connectivity index (χ0n) is 13.5. The van der Waals surface area contributed by atoms with E-state index < -0.39 is 0 Å². The minimum atomic E-state index is 0.164. The molecule has 0 spiro atoms. The van der Waals surface area contributed by atoms with Gasteiger partial charge in [-0.1, -0.05) is 0 Å². The van der Waals surface area contributed by atoms with Crippen molar-refractivity contribution in [3.8, 4) is 6.07 Å². The maximum absolute atomic E-state index is 9.41. The molecule has 0 N–H and O–H groups in total. The van der Waals surface area contributed by atoms with E-state index in [4.69, 9.17) is 4.74 Å². The van der Waals surface area contributed by atoms with Crippen molar-refractivity contribution in [1.82, 2.24) is 9.97 Å². The molecule has 0 unspecified atom stereocenters. The maximum Gasteiger partial charge on any atom is 0.147 e. The van der Waals surface area contributed by atoms with Gasteiger partial charge in [0, 0.05) is 31.2 Å². The number of hydrogen-bond donors (Lipinski definition) is 0. The van der Waals surface area contributed by atoms with Gasteiger partial charge in [-0.15, -0.1) is 0 Å². The largest absolute Gasteiger partial charge is 0.372 e. The summed E-state index contributed by atoms with van der Waals surface area (Å²) in [5, 5.41) is 9.41. The monoisotopic (exact) mass is 308 g/mol.